The van der Waals surface area contributed by atoms with Gasteiger partial charge in [0.25, 0.3) is 0 Å². The van der Waals surface area contributed by atoms with Crippen LogP contribution in [0, 0.1) is 5.41 Å². The highest BCUT2D eigenvalue weighted by Crippen LogP contribution is 2.37. The van der Waals surface area contributed by atoms with Crippen LogP contribution in [0.2, 0.25) is 0 Å². The highest BCUT2D eigenvalue weighted by atomic mass is 16.5. The van der Waals surface area contributed by atoms with E-state index >= 15 is 0 Å². The zero-order valence-corrected chi connectivity index (χ0v) is 15.1. The van der Waals surface area contributed by atoms with Gasteiger partial charge in [-0.1, -0.05) is 0 Å². The number of piperidine rings is 1. The molecule has 5 heteroatoms. The molecule has 1 unspecified atom stereocenters. The number of furan rings is 1. The zero-order valence-electron chi connectivity index (χ0n) is 15.1. The first-order valence-corrected chi connectivity index (χ1v) is 9.33. The fourth-order valence-electron chi connectivity index (χ4n) is 3.84. The minimum Gasteiger partial charge on any atom is -0.469 e. The number of guanidine groups is 1. The molecule has 2 aliphatic heterocycles. The molecule has 1 aromatic heterocycles. The van der Waals surface area contributed by atoms with Gasteiger partial charge >= 0.3 is 0 Å². The fraction of sp³-hybridized carbons (Fsp3) is 0.737. The maximum Gasteiger partial charge on any atom is 0.194 e. The van der Waals surface area contributed by atoms with Gasteiger partial charge < -0.3 is 19.4 Å². The molecule has 0 amide bonds. The first-order chi connectivity index (χ1) is 11.7. The summed E-state index contributed by atoms with van der Waals surface area (Å²) in [7, 11) is 0. The van der Waals surface area contributed by atoms with Crippen LogP contribution >= 0.6 is 0 Å². The standard InChI is InChI=1S/C19H31N3O2/c1-16(2)21-18(20-10-7-17-6-3-13-24-17)22-11-4-8-19(14-22)9-5-12-23-15-19/h3,6,13,16H,4-5,7-12,14-15H2,1-2H3,(H,20,21). The van der Waals surface area contributed by atoms with Crippen molar-refractivity contribution in [3.63, 3.8) is 0 Å². The molecule has 2 fully saturated rings. The first kappa shape index (κ1) is 17.3. The number of nitrogens with zero attached hydrogens (tertiary/aromatic N) is 2. The molecule has 1 atom stereocenters. The van der Waals surface area contributed by atoms with Gasteiger partial charge in [0.1, 0.15) is 5.76 Å². The van der Waals surface area contributed by atoms with E-state index in [1.54, 1.807) is 6.26 Å². The molecule has 0 aromatic carbocycles. The highest BCUT2D eigenvalue weighted by Gasteiger charge is 2.38. The van der Waals surface area contributed by atoms with Gasteiger partial charge in [0.05, 0.1) is 12.9 Å². The van der Waals surface area contributed by atoms with Crippen molar-refractivity contribution in [3.8, 4) is 0 Å². The molecule has 0 radical (unpaired) electrons. The van der Waals surface area contributed by atoms with Crippen molar-refractivity contribution in [2.24, 2.45) is 10.4 Å². The van der Waals surface area contributed by atoms with Crippen LogP contribution in [0.5, 0.6) is 0 Å². The van der Waals surface area contributed by atoms with Crippen molar-refractivity contribution >= 4 is 5.96 Å². The maximum atomic E-state index is 5.80. The summed E-state index contributed by atoms with van der Waals surface area (Å²) in [5.41, 5.74) is 0.330. The lowest BCUT2D eigenvalue weighted by atomic mass is 9.76. The molecule has 24 heavy (non-hydrogen) atoms. The Bertz CT molecular complexity index is 513. The van der Waals surface area contributed by atoms with Gasteiger partial charge in [-0.15, -0.1) is 0 Å². The second-order valence-electron chi connectivity index (χ2n) is 7.51. The molecule has 2 saturated heterocycles. The van der Waals surface area contributed by atoms with Crippen LogP contribution in [0.1, 0.15) is 45.3 Å². The van der Waals surface area contributed by atoms with Crippen LogP contribution in [-0.4, -0.2) is 49.7 Å². The Hall–Kier alpha value is -1.49. The SMILES string of the molecule is CC(C)NC(=NCCc1ccco1)N1CCCC2(CCCOC2)C1. The Kier molecular flexibility index (Phi) is 5.82. The minimum absolute atomic E-state index is 0.330. The summed E-state index contributed by atoms with van der Waals surface area (Å²) in [6.45, 7) is 9.08. The Morgan fingerprint density at radius 3 is 2.96 bits per heavy atom. The van der Waals surface area contributed by atoms with Gasteiger partial charge in [-0.05, 0) is 51.7 Å². The average molecular weight is 333 g/mol. The smallest absolute Gasteiger partial charge is 0.194 e. The van der Waals surface area contributed by atoms with Gasteiger partial charge in [-0.2, -0.15) is 0 Å². The molecule has 1 aromatic rings. The van der Waals surface area contributed by atoms with Crippen LogP contribution < -0.4 is 5.32 Å². The number of nitrogens with one attached hydrogen (secondary N) is 1. The van der Waals surface area contributed by atoms with Crippen LogP contribution in [0.3, 0.4) is 0 Å². The van der Waals surface area contributed by atoms with Crippen molar-refractivity contribution in [1.82, 2.24) is 10.2 Å². The molecule has 2 aliphatic rings. The Morgan fingerprint density at radius 2 is 2.25 bits per heavy atom. The van der Waals surface area contributed by atoms with Crippen molar-refractivity contribution < 1.29 is 9.15 Å². The highest BCUT2D eigenvalue weighted by molar-refractivity contribution is 5.80. The predicted octanol–water partition coefficient (Wildman–Crippen LogP) is 3.07. The van der Waals surface area contributed by atoms with Crippen molar-refractivity contribution in [3.05, 3.63) is 24.2 Å². The topological polar surface area (TPSA) is 50.0 Å². The van der Waals surface area contributed by atoms with Gasteiger partial charge in [-0.25, -0.2) is 0 Å². The largest absolute Gasteiger partial charge is 0.469 e. The van der Waals surface area contributed by atoms with E-state index in [1.165, 1.54) is 25.7 Å². The summed E-state index contributed by atoms with van der Waals surface area (Å²) in [6.07, 6.45) is 7.55. The number of hydrogen-bond acceptors (Lipinski definition) is 3. The summed E-state index contributed by atoms with van der Waals surface area (Å²) >= 11 is 0. The number of aliphatic imine (C=N–C) groups is 1. The van der Waals surface area contributed by atoms with E-state index in [2.05, 4.69) is 24.1 Å². The van der Waals surface area contributed by atoms with Gasteiger partial charge in [0.2, 0.25) is 0 Å². The van der Waals surface area contributed by atoms with E-state index < -0.39 is 0 Å². The molecule has 0 bridgehead atoms. The third-order valence-corrected chi connectivity index (χ3v) is 4.98. The van der Waals surface area contributed by atoms with E-state index in [1.807, 2.05) is 12.1 Å². The lowest BCUT2D eigenvalue weighted by Gasteiger charge is -2.46. The molecule has 3 rings (SSSR count). The summed E-state index contributed by atoms with van der Waals surface area (Å²) in [4.78, 5) is 7.32. The molecule has 0 aliphatic carbocycles. The molecule has 0 saturated carbocycles. The van der Waals surface area contributed by atoms with E-state index in [-0.39, 0.29) is 0 Å². The second-order valence-corrected chi connectivity index (χ2v) is 7.51. The zero-order chi connectivity index (χ0) is 16.8. The third-order valence-electron chi connectivity index (χ3n) is 4.98. The molecular formula is C19H31N3O2. The molecule has 5 nitrogen and oxygen atoms in total. The number of likely N-dealkylation sites (tertiary alicyclic amines) is 1. The van der Waals surface area contributed by atoms with E-state index in [0.29, 0.717) is 11.5 Å². The number of hydrogen-bond donors (Lipinski definition) is 1. The first-order valence-electron chi connectivity index (χ1n) is 9.33. The lowest BCUT2D eigenvalue weighted by Crippen LogP contribution is -2.54. The molecule has 3 heterocycles. The third kappa shape index (κ3) is 4.53. The van der Waals surface area contributed by atoms with Gasteiger partial charge in [0.15, 0.2) is 5.96 Å². The van der Waals surface area contributed by atoms with E-state index in [9.17, 15) is 0 Å². The average Bonchev–Trinajstić information content (AvgIpc) is 3.08. The Balaban J connectivity index is 1.65. The van der Waals surface area contributed by atoms with Crippen LogP contribution in [0.15, 0.2) is 27.8 Å². The molecule has 1 spiro atoms. The minimum atomic E-state index is 0.330. The lowest BCUT2D eigenvalue weighted by molar-refractivity contribution is -0.0371. The summed E-state index contributed by atoms with van der Waals surface area (Å²) in [5.74, 6) is 2.04. The maximum absolute atomic E-state index is 5.80. The summed E-state index contributed by atoms with van der Waals surface area (Å²) in [5, 5.41) is 3.56. The molecular weight excluding hydrogens is 302 g/mol. The molecule has 134 valence electrons. The Labute approximate surface area is 145 Å². The quantitative estimate of drug-likeness (QED) is 0.679. The van der Waals surface area contributed by atoms with Gasteiger partial charge in [0, 0.05) is 44.1 Å². The van der Waals surface area contributed by atoms with Gasteiger partial charge in [-0.3, -0.25) is 4.99 Å². The van der Waals surface area contributed by atoms with E-state index in [0.717, 1.165) is 51.0 Å². The second kappa shape index (κ2) is 8.06. The predicted molar refractivity (Wildman–Crippen MR) is 96.3 cm³/mol. The fourth-order valence-corrected chi connectivity index (χ4v) is 3.84. The molecule has 1 N–H and O–H groups in total. The number of ether oxygens (including phenoxy) is 1. The Morgan fingerprint density at radius 1 is 1.38 bits per heavy atom. The van der Waals surface area contributed by atoms with Crippen LogP contribution in [0.25, 0.3) is 0 Å². The van der Waals surface area contributed by atoms with Crippen molar-refractivity contribution in [2.45, 2.75) is 52.0 Å². The van der Waals surface area contributed by atoms with Crippen LogP contribution in [-0.2, 0) is 11.2 Å². The summed E-state index contributed by atoms with van der Waals surface area (Å²) < 4.78 is 11.2. The van der Waals surface area contributed by atoms with Crippen molar-refractivity contribution in [2.75, 3.05) is 32.8 Å². The van der Waals surface area contributed by atoms with Crippen molar-refractivity contribution in [1.29, 1.82) is 0 Å². The normalized spacial score (nSPS) is 25.5. The van der Waals surface area contributed by atoms with Crippen LogP contribution in [0.4, 0.5) is 0 Å². The number of rotatable bonds is 4. The van der Waals surface area contributed by atoms with E-state index in [4.69, 9.17) is 14.1 Å². The monoisotopic (exact) mass is 333 g/mol. The summed E-state index contributed by atoms with van der Waals surface area (Å²) in [6, 6.07) is 4.33.